The smallest absolute Gasteiger partial charge is 0.356 e. The molecule has 0 aliphatic rings. The Hall–Kier alpha value is -1.38. The predicted octanol–water partition coefficient (Wildman–Crippen LogP) is 1.82. The first-order valence-corrected chi connectivity index (χ1v) is 4.31. The third kappa shape index (κ3) is 2.54. The van der Waals surface area contributed by atoms with Gasteiger partial charge in [-0.15, -0.1) is 0 Å². The molecule has 0 fully saturated rings. The third-order valence-electron chi connectivity index (χ3n) is 1.76. The van der Waals surface area contributed by atoms with Gasteiger partial charge in [-0.2, -0.15) is 0 Å². The average Bonchev–Trinajstić information content (AvgIpc) is 2.18. The standard InChI is InChI=1S/C10H13NO2/c1-3-4-8-5-6-11-9(7-8)10(12)13-2/h5-7H,3-4H2,1-2H3. The molecule has 13 heavy (non-hydrogen) atoms. The minimum atomic E-state index is -0.377. The van der Waals surface area contributed by atoms with E-state index < -0.39 is 0 Å². The third-order valence-corrected chi connectivity index (χ3v) is 1.76. The van der Waals surface area contributed by atoms with Crippen LogP contribution in [0, 0.1) is 0 Å². The zero-order valence-corrected chi connectivity index (χ0v) is 7.91. The first-order valence-electron chi connectivity index (χ1n) is 4.31. The molecule has 1 rings (SSSR count). The van der Waals surface area contributed by atoms with E-state index in [4.69, 9.17) is 0 Å². The van der Waals surface area contributed by atoms with Crippen molar-refractivity contribution in [3.8, 4) is 0 Å². The zero-order valence-electron chi connectivity index (χ0n) is 7.91. The number of hydrogen-bond donors (Lipinski definition) is 0. The van der Waals surface area contributed by atoms with Gasteiger partial charge in [0.15, 0.2) is 0 Å². The summed E-state index contributed by atoms with van der Waals surface area (Å²) in [7, 11) is 1.36. The van der Waals surface area contributed by atoms with Crippen LogP contribution in [-0.4, -0.2) is 18.1 Å². The molecule has 1 heterocycles. The number of ether oxygens (including phenoxy) is 1. The largest absolute Gasteiger partial charge is 0.464 e. The highest BCUT2D eigenvalue weighted by atomic mass is 16.5. The number of nitrogens with zero attached hydrogens (tertiary/aromatic N) is 1. The van der Waals surface area contributed by atoms with Crippen LogP contribution in [-0.2, 0) is 11.2 Å². The molecule has 1 aromatic heterocycles. The number of aromatic nitrogens is 1. The van der Waals surface area contributed by atoms with Gasteiger partial charge >= 0.3 is 5.97 Å². The molecule has 3 nitrogen and oxygen atoms in total. The Labute approximate surface area is 77.8 Å². The molecule has 3 heteroatoms. The molecule has 0 aliphatic heterocycles. The molecule has 0 unspecified atom stereocenters. The predicted molar refractivity (Wildman–Crippen MR) is 49.6 cm³/mol. The number of hydrogen-bond acceptors (Lipinski definition) is 3. The van der Waals surface area contributed by atoms with Crippen LogP contribution in [0.1, 0.15) is 29.4 Å². The second kappa shape index (κ2) is 4.60. The second-order valence-electron chi connectivity index (χ2n) is 2.79. The monoisotopic (exact) mass is 179 g/mol. The van der Waals surface area contributed by atoms with Crippen molar-refractivity contribution in [1.29, 1.82) is 0 Å². The topological polar surface area (TPSA) is 39.2 Å². The minimum Gasteiger partial charge on any atom is -0.464 e. The Morgan fingerprint density at radius 2 is 2.38 bits per heavy atom. The average molecular weight is 179 g/mol. The summed E-state index contributed by atoms with van der Waals surface area (Å²) in [4.78, 5) is 15.0. The molecular weight excluding hydrogens is 166 g/mol. The summed E-state index contributed by atoms with van der Waals surface area (Å²) in [5.41, 5.74) is 1.51. The summed E-state index contributed by atoms with van der Waals surface area (Å²) in [6.07, 6.45) is 3.66. The van der Waals surface area contributed by atoms with Gasteiger partial charge in [0.1, 0.15) is 5.69 Å². The van der Waals surface area contributed by atoms with E-state index >= 15 is 0 Å². The molecule has 0 bridgehead atoms. The number of carbonyl (C=O) groups is 1. The van der Waals surface area contributed by atoms with Crippen LogP contribution in [0.3, 0.4) is 0 Å². The fourth-order valence-corrected chi connectivity index (χ4v) is 1.13. The van der Waals surface area contributed by atoms with Gasteiger partial charge in [0.05, 0.1) is 7.11 Å². The van der Waals surface area contributed by atoms with E-state index in [1.807, 2.05) is 6.07 Å². The lowest BCUT2D eigenvalue weighted by molar-refractivity contribution is 0.0594. The van der Waals surface area contributed by atoms with E-state index in [-0.39, 0.29) is 5.97 Å². The fourth-order valence-electron chi connectivity index (χ4n) is 1.13. The van der Waals surface area contributed by atoms with Crippen LogP contribution >= 0.6 is 0 Å². The summed E-state index contributed by atoms with van der Waals surface area (Å²) >= 11 is 0. The van der Waals surface area contributed by atoms with Crippen molar-refractivity contribution in [2.45, 2.75) is 19.8 Å². The lowest BCUT2D eigenvalue weighted by Crippen LogP contribution is -2.04. The first kappa shape index (κ1) is 9.71. The quantitative estimate of drug-likeness (QED) is 0.664. The van der Waals surface area contributed by atoms with Crippen LogP contribution < -0.4 is 0 Å². The van der Waals surface area contributed by atoms with E-state index in [1.54, 1.807) is 12.3 Å². The van der Waals surface area contributed by atoms with E-state index in [1.165, 1.54) is 7.11 Å². The van der Waals surface area contributed by atoms with Gasteiger partial charge in [-0.3, -0.25) is 0 Å². The molecular formula is C10H13NO2. The van der Waals surface area contributed by atoms with Gasteiger partial charge in [0, 0.05) is 6.20 Å². The molecule has 1 aromatic rings. The number of methoxy groups -OCH3 is 1. The Morgan fingerprint density at radius 1 is 1.62 bits per heavy atom. The van der Waals surface area contributed by atoms with Crippen molar-refractivity contribution in [3.63, 3.8) is 0 Å². The lowest BCUT2D eigenvalue weighted by atomic mass is 10.1. The SMILES string of the molecule is CCCc1ccnc(C(=O)OC)c1. The molecule has 0 amide bonds. The van der Waals surface area contributed by atoms with Gasteiger partial charge in [-0.25, -0.2) is 9.78 Å². The Kier molecular flexibility index (Phi) is 3.43. The summed E-state index contributed by atoms with van der Waals surface area (Å²) in [5.74, 6) is -0.377. The highest BCUT2D eigenvalue weighted by Crippen LogP contribution is 2.05. The molecule has 0 aromatic carbocycles. The molecule has 0 atom stereocenters. The van der Waals surface area contributed by atoms with Crippen LogP contribution in [0.4, 0.5) is 0 Å². The van der Waals surface area contributed by atoms with Crippen molar-refractivity contribution >= 4 is 5.97 Å². The molecule has 0 saturated carbocycles. The van der Waals surface area contributed by atoms with Crippen molar-refractivity contribution in [1.82, 2.24) is 4.98 Å². The van der Waals surface area contributed by atoms with Crippen LogP contribution in [0.25, 0.3) is 0 Å². The summed E-state index contributed by atoms with van der Waals surface area (Å²) in [5, 5.41) is 0. The number of esters is 1. The van der Waals surface area contributed by atoms with Gasteiger partial charge in [-0.05, 0) is 24.1 Å². The summed E-state index contributed by atoms with van der Waals surface area (Å²) in [6.45, 7) is 2.10. The van der Waals surface area contributed by atoms with Gasteiger partial charge in [0.25, 0.3) is 0 Å². The zero-order chi connectivity index (χ0) is 9.68. The fraction of sp³-hybridized carbons (Fsp3) is 0.400. The molecule has 0 saturated heterocycles. The van der Waals surface area contributed by atoms with Crippen LogP contribution in [0.2, 0.25) is 0 Å². The molecule has 70 valence electrons. The maximum Gasteiger partial charge on any atom is 0.356 e. The first-order chi connectivity index (χ1) is 6.27. The number of carbonyl (C=O) groups excluding carboxylic acids is 1. The second-order valence-corrected chi connectivity index (χ2v) is 2.79. The Morgan fingerprint density at radius 3 is 3.00 bits per heavy atom. The number of pyridine rings is 1. The van der Waals surface area contributed by atoms with E-state index in [2.05, 4.69) is 16.6 Å². The number of aryl methyl sites for hydroxylation is 1. The highest BCUT2D eigenvalue weighted by Gasteiger charge is 2.06. The molecule has 0 spiro atoms. The maximum atomic E-state index is 11.1. The lowest BCUT2D eigenvalue weighted by Gasteiger charge is -2.00. The molecule has 0 aliphatic carbocycles. The molecule has 0 N–H and O–H groups in total. The van der Waals surface area contributed by atoms with Crippen molar-refractivity contribution in [2.24, 2.45) is 0 Å². The van der Waals surface area contributed by atoms with E-state index in [0.717, 1.165) is 18.4 Å². The van der Waals surface area contributed by atoms with E-state index in [9.17, 15) is 4.79 Å². The molecule has 0 radical (unpaired) electrons. The summed E-state index contributed by atoms with van der Waals surface area (Å²) < 4.78 is 4.57. The van der Waals surface area contributed by atoms with Crippen LogP contribution in [0.5, 0.6) is 0 Å². The van der Waals surface area contributed by atoms with Crippen molar-refractivity contribution in [2.75, 3.05) is 7.11 Å². The van der Waals surface area contributed by atoms with E-state index in [0.29, 0.717) is 5.69 Å². The summed E-state index contributed by atoms with van der Waals surface area (Å²) in [6, 6.07) is 3.69. The van der Waals surface area contributed by atoms with Crippen molar-refractivity contribution < 1.29 is 9.53 Å². The van der Waals surface area contributed by atoms with Crippen molar-refractivity contribution in [3.05, 3.63) is 29.6 Å². The maximum absolute atomic E-state index is 11.1. The minimum absolute atomic E-state index is 0.377. The highest BCUT2D eigenvalue weighted by molar-refractivity contribution is 5.87. The van der Waals surface area contributed by atoms with Gasteiger partial charge < -0.3 is 4.74 Å². The van der Waals surface area contributed by atoms with Gasteiger partial charge in [0.2, 0.25) is 0 Å². The number of rotatable bonds is 3. The van der Waals surface area contributed by atoms with Crippen LogP contribution in [0.15, 0.2) is 18.3 Å². The Bertz CT molecular complexity index is 297. The van der Waals surface area contributed by atoms with Gasteiger partial charge in [-0.1, -0.05) is 13.3 Å². The normalized spacial score (nSPS) is 9.69. The Balaban J connectivity index is 2.85.